The first-order valence-corrected chi connectivity index (χ1v) is 8.17. The van der Waals surface area contributed by atoms with Crippen LogP contribution in [0.25, 0.3) is 0 Å². The molecule has 0 aliphatic carbocycles. The third kappa shape index (κ3) is 5.32. The zero-order valence-electron chi connectivity index (χ0n) is 14.2. The van der Waals surface area contributed by atoms with Crippen molar-refractivity contribution < 1.29 is 23.5 Å². The van der Waals surface area contributed by atoms with E-state index in [1.165, 1.54) is 18.5 Å². The minimum absolute atomic E-state index is 0.0763. The summed E-state index contributed by atoms with van der Waals surface area (Å²) in [6, 6.07) is 5.28. The SMILES string of the molecule is CC(C)C(NC(=O)c1ccco1)C(=O)OCC(=O)Nc1cccnc1Cl. The first-order valence-electron chi connectivity index (χ1n) is 7.80. The number of amides is 2. The topological polar surface area (TPSA) is 111 Å². The van der Waals surface area contributed by atoms with Crippen LogP contribution in [0.5, 0.6) is 0 Å². The number of rotatable bonds is 7. The molecule has 138 valence electrons. The van der Waals surface area contributed by atoms with Crippen LogP contribution in [0, 0.1) is 5.92 Å². The summed E-state index contributed by atoms with van der Waals surface area (Å²) in [5.74, 6) is -2.03. The maximum Gasteiger partial charge on any atom is 0.329 e. The summed E-state index contributed by atoms with van der Waals surface area (Å²) < 4.78 is 9.98. The number of carbonyl (C=O) groups excluding carboxylic acids is 3. The van der Waals surface area contributed by atoms with Crippen LogP contribution < -0.4 is 10.6 Å². The van der Waals surface area contributed by atoms with E-state index in [0.29, 0.717) is 5.69 Å². The minimum atomic E-state index is -0.928. The average Bonchev–Trinajstić information content (AvgIpc) is 3.14. The van der Waals surface area contributed by atoms with Crippen LogP contribution in [-0.4, -0.2) is 35.4 Å². The van der Waals surface area contributed by atoms with Crippen molar-refractivity contribution in [2.75, 3.05) is 11.9 Å². The fourth-order valence-electron chi connectivity index (χ4n) is 2.01. The summed E-state index contributed by atoms with van der Waals surface area (Å²) in [7, 11) is 0. The molecular formula is C17H18ClN3O5. The fraction of sp³-hybridized carbons (Fsp3) is 0.294. The van der Waals surface area contributed by atoms with Crippen molar-refractivity contribution in [2.45, 2.75) is 19.9 Å². The second-order valence-corrected chi connectivity index (χ2v) is 6.03. The van der Waals surface area contributed by atoms with Gasteiger partial charge in [0, 0.05) is 6.20 Å². The molecule has 0 saturated heterocycles. The molecule has 8 nitrogen and oxygen atoms in total. The monoisotopic (exact) mass is 379 g/mol. The third-order valence-electron chi connectivity index (χ3n) is 3.33. The van der Waals surface area contributed by atoms with Crippen LogP contribution in [0.1, 0.15) is 24.4 Å². The standard InChI is InChI=1S/C17H18ClN3O5/c1-10(2)14(21-16(23)12-6-4-8-25-12)17(24)26-9-13(22)20-11-5-3-7-19-15(11)18/h3-8,10,14H,9H2,1-2H3,(H,20,22)(H,21,23). The number of ether oxygens (including phenoxy) is 1. The van der Waals surface area contributed by atoms with Crippen molar-refractivity contribution in [1.29, 1.82) is 0 Å². The number of hydrogen-bond donors (Lipinski definition) is 2. The molecule has 0 aliphatic rings. The predicted molar refractivity (Wildman–Crippen MR) is 93.6 cm³/mol. The Bertz CT molecular complexity index is 776. The van der Waals surface area contributed by atoms with Crippen molar-refractivity contribution >= 4 is 35.1 Å². The van der Waals surface area contributed by atoms with Crippen molar-refractivity contribution in [1.82, 2.24) is 10.3 Å². The number of nitrogens with zero attached hydrogens (tertiary/aromatic N) is 1. The Morgan fingerprint density at radius 1 is 1.27 bits per heavy atom. The molecule has 0 radical (unpaired) electrons. The van der Waals surface area contributed by atoms with Gasteiger partial charge in [-0.15, -0.1) is 0 Å². The Hall–Kier alpha value is -2.87. The molecule has 26 heavy (non-hydrogen) atoms. The Kier molecular flexibility index (Phi) is 6.74. The van der Waals surface area contributed by atoms with E-state index in [-0.39, 0.29) is 16.8 Å². The highest BCUT2D eigenvalue weighted by atomic mass is 35.5. The van der Waals surface area contributed by atoms with Crippen LogP contribution in [-0.2, 0) is 14.3 Å². The Labute approximate surface area is 154 Å². The molecule has 2 aromatic heterocycles. The van der Waals surface area contributed by atoms with Gasteiger partial charge in [-0.3, -0.25) is 9.59 Å². The number of esters is 1. The molecule has 0 aliphatic heterocycles. The molecule has 0 spiro atoms. The number of pyridine rings is 1. The lowest BCUT2D eigenvalue weighted by Crippen LogP contribution is -2.45. The second-order valence-electron chi connectivity index (χ2n) is 5.67. The molecule has 0 fully saturated rings. The zero-order chi connectivity index (χ0) is 19.1. The van der Waals surface area contributed by atoms with E-state index < -0.39 is 30.4 Å². The van der Waals surface area contributed by atoms with Crippen LogP contribution in [0.15, 0.2) is 41.1 Å². The van der Waals surface area contributed by atoms with Gasteiger partial charge in [0.15, 0.2) is 17.5 Å². The lowest BCUT2D eigenvalue weighted by atomic mass is 10.0. The molecule has 0 aromatic carbocycles. The van der Waals surface area contributed by atoms with Gasteiger partial charge in [0.25, 0.3) is 11.8 Å². The van der Waals surface area contributed by atoms with Gasteiger partial charge >= 0.3 is 5.97 Å². The Balaban J connectivity index is 1.90. The van der Waals surface area contributed by atoms with Gasteiger partial charge in [-0.2, -0.15) is 0 Å². The van der Waals surface area contributed by atoms with Crippen molar-refractivity contribution in [3.63, 3.8) is 0 Å². The lowest BCUT2D eigenvalue weighted by molar-refractivity contribution is -0.150. The van der Waals surface area contributed by atoms with Gasteiger partial charge in [0.05, 0.1) is 12.0 Å². The maximum atomic E-state index is 12.2. The van der Waals surface area contributed by atoms with Crippen molar-refractivity contribution in [3.05, 3.63) is 47.6 Å². The quantitative estimate of drug-likeness (QED) is 0.564. The number of anilines is 1. The number of halogens is 1. The summed E-state index contributed by atoms with van der Waals surface area (Å²) in [5, 5.41) is 5.14. The fourth-order valence-corrected chi connectivity index (χ4v) is 2.18. The van der Waals surface area contributed by atoms with E-state index >= 15 is 0 Å². The van der Waals surface area contributed by atoms with E-state index in [1.807, 2.05) is 0 Å². The summed E-state index contributed by atoms with van der Waals surface area (Å²) in [6.45, 7) is 2.96. The average molecular weight is 380 g/mol. The highest BCUT2D eigenvalue weighted by Gasteiger charge is 2.27. The van der Waals surface area contributed by atoms with E-state index in [4.69, 9.17) is 20.8 Å². The Morgan fingerprint density at radius 2 is 2.04 bits per heavy atom. The summed E-state index contributed by atoms with van der Waals surface area (Å²) in [4.78, 5) is 40.0. The predicted octanol–water partition coefficient (Wildman–Crippen LogP) is 2.26. The molecule has 2 heterocycles. The van der Waals surface area contributed by atoms with Crippen LogP contribution in [0.4, 0.5) is 5.69 Å². The van der Waals surface area contributed by atoms with Crippen LogP contribution in [0.3, 0.4) is 0 Å². The van der Waals surface area contributed by atoms with Crippen LogP contribution >= 0.6 is 11.6 Å². The van der Waals surface area contributed by atoms with Gasteiger partial charge < -0.3 is 19.8 Å². The molecule has 0 saturated carbocycles. The van der Waals surface area contributed by atoms with Crippen molar-refractivity contribution in [3.8, 4) is 0 Å². The van der Waals surface area contributed by atoms with Gasteiger partial charge in [0.2, 0.25) is 0 Å². The van der Waals surface area contributed by atoms with E-state index in [9.17, 15) is 14.4 Å². The van der Waals surface area contributed by atoms with Gasteiger partial charge in [-0.25, -0.2) is 9.78 Å². The third-order valence-corrected chi connectivity index (χ3v) is 3.63. The van der Waals surface area contributed by atoms with Gasteiger partial charge in [-0.05, 0) is 30.2 Å². The summed E-state index contributed by atoms with van der Waals surface area (Å²) in [5.41, 5.74) is 0.307. The van der Waals surface area contributed by atoms with Crippen LogP contribution in [0.2, 0.25) is 5.15 Å². The summed E-state index contributed by atoms with van der Waals surface area (Å²) >= 11 is 5.84. The molecule has 1 unspecified atom stereocenters. The lowest BCUT2D eigenvalue weighted by Gasteiger charge is -2.20. The number of aromatic nitrogens is 1. The first-order chi connectivity index (χ1) is 12.4. The number of furan rings is 1. The molecular weight excluding hydrogens is 362 g/mol. The number of hydrogen-bond acceptors (Lipinski definition) is 6. The molecule has 1 atom stereocenters. The maximum absolute atomic E-state index is 12.2. The second kappa shape index (κ2) is 9.00. The van der Waals surface area contributed by atoms with E-state index in [1.54, 1.807) is 32.0 Å². The normalized spacial score (nSPS) is 11.7. The summed E-state index contributed by atoms with van der Waals surface area (Å²) in [6.07, 6.45) is 2.83. The van der Waals surface area contributed by atoms with E-state index in [2.05, 4.69) is 15.6 Å². The number of carbonyl (C=O) groups is 3. The van der Waals surface area contributed by atoms with Crippen molar-refractivity contribution in [2.24, 2.45) is 5.92 Å². The number of nitrogens with one attached hydrogen (secondary N) is 2. The molecule has 2 N–H and O–H groups in total. The smallest absolute Gasteiger partial charge is 0.329 e. The molecule has 0 bridgehead atoms. The van der Waals surface area contributed by atoms with Gasteiger partial charge in [-0.1, -0.05) is 25.4 Å². The zero-order valence-corrected chi connectivity index (χ0v) is 14.9. The first kappa shape index (κ1) is 19.5. The largest absolute Gasteiger partial charge is 0.459 e. The molecule has 2 aromatic rings. The molecule has 9 heteroatoms. The highest BCUT2D eigenvalue weighted by molar-refractivity contribution is 6.32. The minimum Gasteiger partial charge on any atom is -0.459 e. The van der Waals surface area contributed by atoms with Gasteiger partial charge in [0.1, 0.15) is 6.04 Å². The Morgan fingerprint density at radius 3 is 2.65 bits per heavy atom. The molecule has 2 amide bonds. The highest BCUT2D eigenvalue weighted by Crippen LogP contribution is 2.17. The molecule has 2 rings (SSSR count). The van der Waals surface area contributed by atoms with E-state index in [0.717, 1.165) is 0 Å².